The molecule has 3 N–H and O–H groups in total. The smallest absolute Gasteiger partial charge is 0.461 e. The van der Waals surface area contributed by atoms with Crippen molar-refractivity contribution in [3.63, 3.8) is 0 Å². The molecule has 0 fully saturated rings. The summed E-state index contributed by atoms with van der Waals surface area (Å²) in [5.41, 5.74) is 4.61. The van der Waals surface area contributed by atoms with E-state index in [1.54, 1.807) is 0 Å². The van der Waals surface area contributed by atoms with Crippen LogP contribution in [0.25, 0.3) is 0 Å². The van der Waals surface area contributed by atoms with Crippen molar-refractivity contribution in [1.82, 2.24) is 0 Å². The molecule has 1 aromatic carbocycles. The van der Waals surface area contributed by atoms with Crippen LogP contribution in [0.1, 0.15) is 6.92 Å². The van der Waals surface area contributed by atoms with Crippen molar-refractivity contribution < 1.29 is 37.0 Å². The van der Waals surface area contributed by atoms with Crippen LogP contribution in [0.4, 0.5) is 28.0 Å². The Hall–Kier alpha value is -1.94. The van der Waals surface area contributed by atoms with Gasteiger partial charge in [0.1, 0.15) is 11.8 Å². The zero-order valence-corrected chi connectivity index (χ0v) is 13.3. The van der Waals surface area contributed by atoms with Crippen LogP contribution in [0.2, 0.25) is 10.0 Å². The summed E-state index contributed by atoms with van der Waals surface area (Å²) in [6.07, 6.45) is -9.03. The highest BCUT2D eigenvalue weighted by Gasteiger charge is 2.44. The first-order chi connectivity index (χ1) is 10.9. The third kappa shape index (κ3) is 4.32. The number of hydrogen-bond acceptors (Lipinski definition) is 3. The van der Waals surface area contributed by atoms with Gasteiger partial charge >= 0.3 is 24.5 Å². The van der Waals surface area contributed by atoms with E-state index in [0.29, 0.717) is 11.0 Å². The third-order valence-electron chi connectivity index (χ3n) is 2.74. The summed E-state index contributed by atoms with van der Waals surface area (Å²) in [7, 11) is 0. The third-order valence-corrected chi connectivity index (χ3v) is 3.34. The number of carbonyl (C=O) groups excluding carboxylic acids is 1. The Morgan fingerprint density at radius 3 is 2.25 bits per heavy atom. The number of nitrogens with two attached hydrogens (primary N) is 1. The number of anilines is 1. The molecule has 0 spiro atoms. The van der Waals surface area contributed by atoms with Crippen molar-refractivity contribution in [2.45, 2.75) is 25.5 Å². The first-order valence-corrected chi connectivity index (χ1v) is 6.79. The molecule has 0 aliphatic carbocycles. The predicted octanol–water partition coefficient (Wildman–Crippen LogP) is 3.59. The highest BCUT2D eigenvalue weighted by Crippen LogP contribution is 2.40. The first kappa shape index (κ1) is 20.1. The molecule has 1 atom stereocenters. The topological polar surface area (TPSA) is 92.9 Å². The maximum Gasteiger partial charge on any atom is 0.461 e. The molecular formula is C12H10Cl2F4N2O4. The second kappa shape index (κ2) is 7.31. The Labute approximate surface area is 142 Å². The van der Waals surface area contributed by atoms with Crippen molar-refractivity contribution in [2.24, 2.45) is 5.73 Å². The van der Waals surface area contributed by atoms with Crippen LogP contribution in [0.15, 0.2) is 12.1 Å². The Morgan fingerprint density at radius 2 is 1.83 bits per heavy atom. The van der Waals surface area contributed by atoms with E-state index in [4.69, 9.17) is 34.0 Å². The summed E-state index contributed by atoms with van der Waals surface area (Å²) in [6, 6.07) is -1.38. The molecule has 0 aromatic heterocycles. The lowest BCUT2D eigenvalue weighted by atomic mass is 10.2. The number of halogens is 6. The van der Waals surface area contributed by atoms with Gasteiger partial charge in [0.25, 0.3) is 0 Å². The average molecular weight is 393 g/mol. The fraction of sp³-hybridized carbons (Fsp3) is 0.333. The number of primary amides is 1. The molecule has 0 saturated heterocycles. The van der Waals surface area contributed by atoms with E-state index in [9.17, 15) is 27.2 Å². The van der Waals surface area contributed by atoms with Crippen LogP contribution in [0.3, 0.4) is 0 Å². The van der Waals surface area contributed by atoms with Crippen molar-refractivity contribution >= 4 is 40.9 Å². The molecule has 134 valence electrons. The van der Waals surface area contributed by atoms with Crippen LogP contribution >= 0.6 is 23.2 Å². The van der Waals surface area contributed by atoms with E-state index in [0.717, 1.165) is 13.0 Å². The zero-order valence-electron chi connectivity index (χ0n) is 11.8. The highest BCUT2D eigenvalue weighted by atomic mass is 35.5. The lowest BCUT2D eigenvalue weighted by Gasteiger charge is -2.26. The lowest BCUT2D eigenvalue weighted by Crippen LogP contribution is -2.46. The zero-order chi connectivity index (χ0) is 18.8. The fourth-order valence-electron chi connectivity index (χ4n) is 1.60. The van der Waals surface area contributed by atoms with Gasteiger partial charge in [0, 0.05) is 6.07 Å². The van der Waals surface area contributed by atoms with E-state index < -0.39 is 47.0 Å². The summed E-state index contributed by atoms with van der Waals surface area (Å²) in [6.45, 7) is 1.06. The van der Waals surface area contributed by atoms with E-state index in [-0.39, 0.29) is 5.02 Å². The number of amides is 2. The molecule has 0 radical (unpaired) electrons. The van der Waals surface area contributed by atoms with Gasteiger partial charge in [-0.2, -0.15) is 17.6 Å². The van der Waals surface area contributed by atoms with Crippen molar-refractivity contribution in [3.8, 4) is 5.75 Å². The van der Waals surface area contributed by atoms with Gasteiger partial charge in [0.2, 0.25) is 0 Å². The number of carboxylic acid groups (broad SMARTS) is 1. The van der Waals surface area contributed by atoms with E-state index in [1.165, 1.54) is 0 Å². The minimum atomic E-state index is -4.87. The molecule has 0 bridgehead atoms. The summed E-state index contributed by atoms with van der Waals surface area (Å²) in [4.78, 5) is 23.0. The van der Waals surface area contributed by atoms with Crippen LogP contribution in [-0.4, -0.2) is 35.7 Å². The molecule has 0 unspecified atom stereocenters. The van der Waals surface area contributed by atoms with Gasteiger partial charge in [-0.3, -0.25) is 4.90 Å². The summed E-state index contributed by atoms with van der Waals surface area (Å²) < 4.78 is 54.4. The number of urea groups is 1. The second-order valence-electron chi connectivity index (χ2n) is 4.42. The van der Waals surface area contributed by atoms with Crippen LogP contribution < -0.4 is 15.4 Å². The maximum absolute atomic E-state index is 13.0. The largest absolute Gasteiger partial charge is 0.480 e. The number of aliphatic carboxylic acids is 1. The molecule has 2 amide bonds. The number of ether oxygens (including phenoxy) is 1. The van der Waals surface area contributed by atoms with Crippen LogP contribution in [0.5, 0.6) is 5.75 Å². The first-order valence-electron chi connectivity index (χ1n) is 6.04. The standard InChI is InChI=1S/C12H10Cl2F4N2O4/c1-4(9(21)22)20(11(19)23)7-3-8(6(14)2-5(7)13)24-12(17,18)10(15)16/h2-4,10H,1H3,(H2,19,23)(H,21,22)/t4-/m0/s1. The Bertz CT molecular complexity index is 660. The number of hydrogen-bond donors (Lipinski definition) is 2. The highest BCUT2D eigenvalue weighted by molar-refractivity contribution is 6.37. The van der Waals surface area contributed by atoms with Crippen molar-refractivity contribution in [1.29, 1.82) is 0 Å². The van der Waals surface area contributed by atoms with E-state index in [1.807, 2.05) is 0 Å². The molecule has 1 rings (SSSR count). The molecule has 0 aliphatic rings. The summed E-state index contributed by atoms with van der Waals surface area (Å²) in [5, 5.41) is 8.08. The molecule has 0 heterocycles. The number of nitrogens with zero attached hydrogens (tertiary/aromatic N) is 1. The van der Waals surface area contributed by atoms with Crippen molar-refractivity contribution in [3.05, 3.63) is 22.2 Å². The monoisotopic (exact) mass is 392 g/mol. The fourth-order valence-corrected chi connectivity index (χ4v) is 2.11. The SMILES string of the molecule is C[C@@H](C(=O)O)N(C(N)=O)c1cc(OC(F)(F)C(F)F)c(Cl)cc1Cl. The normalized spacial score (nSPS) is 12.8. The van der Waals surface area contributed by atoms with Gasteiger partial charge in [-0.1, -0.05) is 23.2 Å². The minimum Gasteiger partial charge on any atom is -0.480 e. The second-order valence-corrected chi connectivity index (χ2v) is 5.24. The number of carboxylic acids is 1. The van der Waals surface area contributed by atoms with E-state index >= 15 is 0 Å². The summed E-state index contributed by atoms with van der Waals surface area (Å²) in [5.74, 6) is -2.43. The summed E-state index contributed by atoms with van der Waals surface area (Å²) >= 11 is 11.4. The molecule has 6 nitrogen and oxygen atoms in total. The molecule has 0 saturated carbocycles. The predicted molar refractivity (Wildman–Crippen MR) is 77.2 cm³/mol. The number of carbonyl (C=O) groups is 2. The Morgan fingerprint density at radius 1 is 1.29 bits per heavy atom. The van der Waals surface area contributed by atoms with E-state index in [2.05, 4.69) is 4.74 Å². The quantitative estimate of drug-likeness (QED) is 0.723. The molecule has 0 aliphatic heterocycles. The van der Waals surface area contributed by atoms with Gasteiger partial charge in [-0.15, -0.1) is 0 Å². The molecule has 1 aromatic rings. The molecule has 24 heavy (non-hydrogen) atoms. The average Bonchev–Trinajstić information content (AvgIpc) is 2.42. The number of rotatable bonds is 6. The molecule has 12 heteroatoms. The van der Waals surface area contributed by atoms with Crippen LogP contribution in [-0.2, 0) is 4.79 Å². The van der Waals surface area contributed by atoms with Gasteiger partial charge in [0.15, 0.2) is 0 Å². The van der Waals surface area contributed by atoms with Crippen LogP contribution in [0, 0.1) is 0 Å². The maximum atomic E-state index is 13.0. The van der Waals surface area contributed by atoms with Gasteiger partial charge in [-0.05, 0) is 13.0 Å². The van der Waals surface area contributed by atoms with Gasteiger partial charge < -0.3 is 15.6 Å². The Kier molecular flexibility index (Phi) is 6.12. The number of alkyl halides is 4. The van der Waals surface area contributed by atoms with Gasteiger partial charge in [0.05, 0.1) is 15.7 Å². The van der Waals surface area contributed by atoms with Crippen molar-refractivity contribution in [2.75, 3.05) is 4.90 Å². The Balaban J connectivity index is 3.41. The van der Waals surface area contributed by atoms with Gasteiger partial charge in [-0.25, -0.2) is 9.59 Å². The lowest BCUT2D eigenvalue weighted by molar-refractivity contribution is -0.253. The minimum absolute atomic E-state index is 0.334. The molecular weight excluding hydrogens is 383 g/mol. The number of benzene rings is 1.